The van der Waals surface area contributed by atoms with E-state index in [2.05, 4.69) is 5.32 Å². The number of hydrogen-bond donors (Lipinski definition) is 3. The van der Waals surface area contributed by atoms with Crippen LogP contribution in [-0.4, -0.2) is 37.5 Å². The quantitative estimate of drug-likeness (QED) is 0.418. The lowest BCUT2D eigenvalue weighted by Crippen LogP contribution is -2.45. The molecule has 0 radical (unpaired) electrons. The molecule has 0 aromatic rings. The van der Waals surface area contributed by atoms with Crippen LogP contribution >= 0.6 is 0 Å². The second-order valence-corrected chi connectivity index (χ2v) is 5.53. The minimum atomic E-state index is -0.387. The van der Waals surface area contributed by atoms with Crippen molar-refractivity contribution in [2.45, 2.75) is 105 Å². The SMILES string of the molecule is CCC(N)OC(C)OC(CC)NC(CC)OC(C)OC(N)CC. The van der Waals surface area contributed by atoms with Gasteiger partial charge in [-0.2, -0.15) is 0 Å². The van der Waals surface area contributed by atoms with Gasteiger partial charge in [-0.3, -0.25) is 5.32 Å². The van der Waals surface area contributed by atoms with Gasteiger partial charge in [0.1, 0.15) is 24.9 Å². The molecule has 140 valence electrons. The maximum atomic E-state index is 5.83. The van der Waals surface area contributed by atoms with Crippen LogP contribution in [0.5, 0.6) is 0 Å². The van der Waals surface area contributed by atoms with Crippen molar-refractivity contribution in [3.8, 4) is 0 Å². The zero-order chi connectivity index (χ0) is 17.8. The third-order valence-electron chi connectivity index (χ3n) is 3.36. The summed E-state index contributed by atoms with van der Waals surface area (Å²) >= 11 is 0. The summed E-state index contributed by atoms with van der Waals surface area (Å²) in [6.45, 7) is 11.7. The molecule has 0 bridgehead atoms. The third kappa shape index (κ3) is 11.0. The maximum Gasteiger partial charge on any atom is 0.158 e. The Morgan fingerprint density at radius 3 is 1.26 bits per heavy atom. The highest BCUT2D eigenvalue weighted by Crippen LogP contribution is 2.09. The second kappa shape index (κ2) is 13.1. The van der Waals surface area contributed by atoms with Crippen LogP contribution in [0.2, 0.25) is 0 Å². The standard InChI is InChI=1S/C16H37N3O4/c1-7-13(17)20-11(5)22-15(9-3)19-16(10-4)23-12(6)21-14(18)8-2/h11-16,19H,7-10,17-18H2,1-6H3. The molecule has 0 amide bonds. The molecule has 0 rings (SSSR count). The van der Waals surface area contributed by atoms with Gasteiger partial charge in [0.15, 0.2) is 12.6 Å². The topological polar surface area (TPSA) is 101 Å². The lowest BCUT2D eigenvalue weighted by Gasteiger charge is -2.30. The first kappa shape index (κ1) is 22.7. The largest absolute Gasteiger partial charge is 0.335 e. The molecule has 0 saturated heterocycles. The molecular formula is C16H37N3O4. The molecule has 6 atom stereocenters. The molecule has 0 heterocycles. The molecule has 0 aromatic heterocycles. The molecule has 23 heavy (non-hydrogen) atoms. The van der Waals surface area contributed by atoms with E-state index in [1.807, 2.05) is 41.5 Å². The van der Waals surface area contributed by atoms with Gasteiger partial charge in [-0.25, -0.2) is 0 Å². The van der Waals surface area contributed by atoms with E-state index in [1.165, 1.54) is 0 Å². The Kier molecular flexibility index (Phi) is 12.9. The van der Waals surface area contributed by atoms with Crippen LogP contribution in [0.4, 0.5) is 0 Å². The van der Waals surface area contributed by atoms with E-state index in [1.54, 1.807) is 0 Å². The van der Waals surface area contributed by atoms with Gasteiger partial charge in [-0.15, -0.1) is 0 Å². The van der Waals surface area contributed by atoms with E-state index in [4.69, 9.17) is 30.4 Å². The predicted octanol–water partition coefficient (Wildman–Crippen LogP) is 2.20. The number of ether oxygens (including phenoxy) is 4. The first-order valence-corrected chi connectivity index (χ1v) is 8.75. The van der Waals surface area contributed by atoms with Gasteiger partial charge in [0.2, 0.25) is 0 Å². The van der Waals surface area contributed by atoms with Gasteiger partial charge >= 0.3 is 0 Å². The molecule has 0 fully saturated rings. The average Bonchev–Trinajstić information content (AvgIpc) is 2.52. The van der Waals surface area contributed by atoms with Gasteiger partial charge < -0.3 is 30.4 Å². The first-order chi connectivity index (χ1) is 10.9. The molecule has 0 spiro atoms. The zero-order valence-corrected chi connectivity index (χ0v) is 15.6. The lowest BCUT2D eigenvalue weighted by atomic mass is 10.3. The summed E-state index contributed by atoms with van der Waals surface area (Å²) in [5.74, 6) is 0. The highest BCUT2D eigenvalue weighted by molar-refractivity contribution is 4.60. The van der Waals surface area contributed by atoms with E-state index in [0.717, 1.165) is 25.7 Å². The van der Waals surface area contributed by atoms with Crippen LogP contribution in [0.1, 0.15) is 67.2 Å². The molecule has 0 aliphatic rings. The predicted molar refractivity (Wildman–Crippen MR) is 91.1 cm³/mol. The van der Waals surface area contributed by atoms with Crippen molar-refractivity contribution in [2.24, 2.45) is 11.5 Å². The highest BCUT2D eigenvalue weighted by Gasteiger charge is 2.20. The van der Waals surface area contributed by atoms with Crippen molar-refractivity contribution < 1.29 is 18.9 Å². The van der Waals surface area contributed by atoms with Crippen molar-refractivity contribution in [3.05, 3.63) is 0 Å². The number of nitrogens with one attached hydrogen (secondary N) is 1. The summed E-state index contributed by atoms with van der Waals surface area (Å²) in [5.41, 5.74) is 11.5. The van der Waals surface area contributed by atoms with Gasteiger partial charge in [0.25, 0.3) is 0 Å². The van der Waals surface area contributed by atoms with E-state index in [9.17, 15) is 0 Å². The van der Waals surface area contributed by atoms with Crippen LogP contribution in [0.25, 0.3) is 0 Å². The van der Waals surface area contributed by atoms with Crippen LogP contribution in [-0.2, 0) is 18.9 Å². The summed E-state index contributed by atoms with van der Waals surface area (Å²) in [4.78, 5) is 0. The van der Waals surface area contributed by atoms with Gasteiger partial charge in [-0.05, 0) is 39.5 Å². The van der Waals surface area contributed by atoms with Crippen molar-refractivity contribution in [3.63, 3.8) is 0 Å². The molecule has 7 heteroatoms. The fraction of sp³-hybridized carbons (Fsp3) is 1.00. The van der Waals surface area contributed by atoms with E-state index in [-0.39, 0.29) is 37.5 Å². The van der Waals surface area contributed by atoms with E-state index < -0.39 is 0 Å². The molecule has 5 N–H and O–H groups in total. The minimum Gasteiger partial charge on any atom is -0.335 e. The Morgan fingerprint density at radius 1 is 0.652 bits per heavy atom. The second-order valence-electron chi connectivity index (χ2n) is 5.53. The Hall–Kier alpha value is -0.280. The molecular weight excluding hydrogens is 298 g/mol. The van der Waals surface area contributed by atoms with Crippen LogP contribution in [0.15, 0.2) is 0 Å². The molecule has 6 unspecified atom stereocenters. The van der Waals surface area contributed by atoms with Crippen LogP contribution in [0.3, 0.4) is 0 Å². The summed E-state index contributed by atoms with van der Waals surface area (Å²) in [6, 6.07) is 0. The lowest BCUT2D eigenvalue weighted by molar-refractivity contribution is -0.221. The molecule has 0 saturated carbocycles. The Bertz CT molecular complexity index is 258. The van der Waals surface area contributed by atoms with Gasteiger partial charge in [-0.1, -0.05) is 27.7 Å². The fourth-order valence-electron chi connectivity index (χ4n) is 1.93. The van der Waals surface area contributed by atoms with Crippen LogP contribution < -0.4 is 16.8 Å². The van der Waals surface area contributed by atoms with Gasteiger partial charge in [0, 0.05) is 0 Å². The molecule has 0 aromatic carbocycles. The summed E-state index contributed by atoms with van der Waals surface area (Å²) < 4.78 is 22.7. The number of hydrogen-bond acceptors (Lipinski definition) is 7. The molecule has 7 nitrogen and oxygen atoms in total. The van der Waals surface area contributed by atoms with Crippen molar-refractivity contribution in [1.29, 1.82) is 0 Å². The van der Waals surface area contributed by atoms with Crippen molar-refractivity contribution in [2.75, 3.05) is 0 Å². The van der Waals surface area contributed by atoms with E-state index in [0.29, 0.717) is 0 Å². The molecule has 0 aliphatic heterocycles. The average molecular weight is 335 g/mol. The van der Waals surface area contributed by atoms with Crippen molar-refractivity contribution >= 4 is 0 Å². The normalized spacial score (nSPS) is 19.8. The summed E-state index contributed by atoms with van der Waals surface area (Å²) in [6.07, 6.45) is 1.25. The fourth-order valence-corrected chi connectivity index (χ4v) is 1.93. The molecule has 0 aliphatic carbocycles. The minimum absolute atomic E-state index is 0.189. The third-order valence-corrected chi connectivity index (χ3v) is 3.36. The smallest absolute Gasteiger partial charge is 0.158 e. The monoisotopic (exact) mass is 335 g/mol. The zero-order valence-electron chi connectivity index (χ0n) is 15.6. The Morgan fingerprint density at radius 2 is 1.00 bits per heavy atom. The number of rotatable bonds is 14. The highest BCUT2D eigenvalue weighted by atomic mass is 16.7. The first-order valence-electron chi connectivity index (χ1n) is 8.75. The van der Waals surface area contributed by atoms with Crippen molar-refractivity contribution in [1.82, 2.24) is 5.32 Å². The Balaban J connectivity index is 4.33. The summed E-state index contributed by atoms with van der Waals surface area (Å²) in [5, 5.41) is 3.31. The van der Waals surface area contributed by atoms with Crippen LogP contribution in [0, 0.1) is 0 Å². The maximum absolute atomic E-state index is 5.83. The van der Waals surface area contributed by atoms with E-state index >= 15 is 0 Å². The number of nitrogens with two attached hydrogens (primary N) is 2. The summed E-state index contributed by atoms with van der Waals surface area (Å²) in [7, 11) is 0. The Labute approximate surface area is 141 Å². The van der Waals surface area contributed by atoms with Gasteiger partial charge in [0.05, 0.1) is 0 Å².